The minimum absolute atomic E-state index is 0.217. The molecule has 1 fully saturated rings. The van der Waals surface area contributed by atoms with Crippen molar-refractivity contribution in [3.05, 3.63) is 23.5 Å². The number of piperidine rings is 1. The molecule has 2 rings (SSSR count). The number of likely N-dealkylation sites (tertiary alicyclic amines) is 1. The Morgan fingerprint density at radius 2 is 2.33 bits per heavy atom. The smallest absolute Gasteiger partial charge is 0.0828 e. The number of hydrogen-bond acceptors (Lipinski definition) is 4. The lowest BCUT2D eigenvalue weighted by molar-refractivity contribution is 0.173. The topological polar surface area (TPSA) is 54.2 Å². The standard InChI is InChI=1S/C16H28N4O/c1-14(2)7-9-19-8-3-5-15(11-19)12-20-13-16(17-18-20)6-4-10-21/h7,13,15,21H,3-6,8-12H2,1-2H3/t15-/m0/s1. The van der Waals surface area contributed by atoms with Gasteiger partial charge >= 0.3 is 0 Å². The highest BCUT2D eigenvalue weighted by Gasteiger charge is 2.20. The summed E-state index contributed by atoms with van der Waals surface area (Å²) in [5, 5.41) is 17.2. The van der Waals surface area contributed by atoms with E-state index >= 15 is 0 Å². The molecule has 5 heteroatoms. The fraction of sp³-hybridized carbons (Fsp3) is 0.750. The summed E-state index contributed by atoms with van der Waals surface area (Å²) in [5.74, 6) is 0.664. The first-order valence-electron chi connectivity index (χ1n) is 8.03. The van der Waals surface area contributed by atoms with Crippen LogP contribution in [0.1, 0.15) is 38.8 Å². The van der Waals surface area contributed by atoms with E-state index in [2.05, 4.69) is 35.1 Å². The van der Waals surface area contributed by atoms with E-state index in [0.717, 1.165) is 38.2 Å². The summed E-state index contributed by atoms with van der Waals surface area (Å²) in [7, 11) is 0. The molecule has 1 aliphatic heterocycles. The van der Waals surface area contributed by atoms with Gasteiger partial charge in [0.05, 0.1) is 5.69 Å². The van der Waals surface area contributed by atoms with Crippen molar-refractivity contribution in [2.45, 2.75) is 46.1 Å². The van der Waals surface area contributed by atoms with Crippen molar-refractivity contribution in [1.82, 2.24) is 19.9 Å². The highest BCUT2D eigenvalue weighted by Crippen LogP contribution is 2.18. The number of rotatable bonds is 7. The van der Waals surface area contributed by atoms with Gasteiger partial charge < -0.3 is 5.11 Å². The van der Waals surface area contributed by atoms with Crippen LogP contribution in [0.4, 0.5) is 0 Å². The van der Waals surface area contributed by atoms with Crippen LogP contribution in [0.2, 0.25) is 0 Å². The third-order valence-corrected chi connectivity index (χ3v) is 3.98. The van der Waals surface area contributed by atoms with E-state index in [1.807, 2.05) is 10.9 Å². The Bertz CT molecular complexity index is 451. The molecule has 5 nitrogen and oxygen atoms in total. The van der Waals surface area contributed by atoms with Gasteiger partial charge in [0.1, 0.15) is 0 Å². The summed E-state index contributed by atoms with van der Waals surface area (Å²) in [4.78, 5) is 2.53. The van der Waals surface area contributed by atoms with Gasteiger partial charge in [-0.25, -0.2) is 0 Å². The molecule has 0 spiro atoms. The average molecular weight is 292 g/mol. The molecule has 1 N–H and O–H groups in total. The zero-order chi connectivity index (χ0) is 15.1. The summed E-state index contributed by atoms with van der Waals surface area (Å²) in [6.45, 7) is 8.91. The molecule has 21 heavy (non-hydrogen) atoms. The molecule has 0 unspecified atom stereocenters. The van der Waals surface area contributed by atoms with Gasteiger partial charge in [-0.3, -0.25) is 9.58 Å². The van der Waals surface area contributed by atoms with Crippen LogP contribution in [0.25, 0.3) is 0 Å². The van der Waals surface area contributed by atoms with Crippen molar-refractivity contribution in [2.75, 3.05) is 26.2 Å². The van der Waals surface area contributed by atoms with Gasteiger partial charge in [0.15, 0.2) is 0 Å². The second-order valence-corrected chi connectivity index (χ2v) is 6.31. The van der Waals surface area contributed by atoms with Crippen LogP contribution in [0.5, 0.6) is 0 Å². The van der Waals surface area contributed by atoms with Crippen molar-refractivity contribution in [1.29, 1.82) is 0 Å². The highest BCUT2D eigenvalue weighted by atomic mass is 16.2. The van der Waals surface area contributed by atoms with Crippen molar-refractivity contribution in [3.63, 3.8) is 0 Å². The van der Waals surface area contributed by atoms with E-state index in [9.17, 15) is 0 Å². The van der Waals surface area contributed by atoms with Gasteiger partial charge in [-0.2, -0.15) is 0 Å². The molecule has 0 aliphatic carbocycles. The molecule has 1 aromatic rings. The second-order valence-electron chi connectivity index (χ2n) is 6.31. The van der Waals surface area contributed by atoms with Crippen LogP contribution in [0.15, 0.2) is 17.8 Å². The Labute approximate surface area is 127 Å². The molecule has 1 aliphatic rings. The number of aliphatic hydroxyl groups is 1. The average Bonchev–Trinajstić information content (AvgIpc) is 2.91. The van der Waals surface area contributed by atoms with Gasteiger partial charge in [-0.1, -0.05) is 16.9 Å². The summed E-state index contributed by atoms with van der Waals surface area (Å²) >= 11 is 0. The Balaban J connectivity index is 1.81. The van der Waals surface area contributed by atoms with Crippen LogP contribution >= 0.6 is 0 Å². The SMILES string of the molecule is CC(C)=CCN1CCC[C@H](Cn2cc(CCCO)nn2)C1. The van der Waals surface area contributed by atoms with E-state index in [-0.39, 0.29) is 6.61 Å². The van der Waals surface area contributed by atoms with E-state index in [1.54, 1.807) is 0 Å². The molecule has 1 saturated heterocycles. The molecular weight excluding hydrogens is 264 g/mol. The first kappa shape index (κ1) is 16.2. The Morgan fingerprint density at radius 3 is 3.10 bits per heavy atom. The lowest BCUT2D eigenvalue weighted by Crippen LogP contribution is -2.37. The van der Waals surface area contributed by atoms with E-state index in [0.29, 0.717) is 5.92 Å². The van der Waals surface area contributed by atoms with Gasteiger partial charge in [0.25, 0.3) is 0 Å². The first-order valence-corrected chi connectivity index (χ1v) is 8.03. The molecule has 0 aromatic carbocycles. The van der Waals surface area contributed by atoms with Crippen molar-refractivity contribution in [3.8, 4) is 0 Å². The molecule has 118 valence electrons. The minimum atomic E-state index is 0.217. The van der Waals surface area contributed by atoms with Crippen LogP contribution in [-0.2, 0) is 13.0 Å². The molecular formula is C16H28N4O. The van der Waals surface area contributed by atoms with Crippen molar-refractivity contribution < 1.29 is 5.11 Å². The number of aryl methyl sites for hydroxylation is 1. The van der Waals surface area contributed by atoms with Gasteiger partial charge in [0.2, 0.25) is 0 Å². The molecule has 0 amide bonds. The Kier molecular flexibility index (Phi) is 6.39. The number of aromatic nitrogens is 3. The lowest BCUT2D eigenvalue weighted by Gasteiger charge is -2.31. The molecule has 0 radical (unpaired) electrons. The van der Waals surface area contributed by atoms with Gasteiger partial charge in [-0.15, -0.1) is 5.10 Å². The normalized spacial score (nSPS) is 19.7. The maximum atomic E-state index is 8.85. The van der Waals surface area contributed by atoms with Crippen molar-refractivity contribution in [2.24, 2.45) is 5.92 Å². The predicted molar refractivity (Wildman–Crippen MR) is 84.0 cm³/mol. The molecule has 0 saturated carbocycles. The summed E-state index contributed by atoms with van der Waals surface area (Å²) in [5.41, 5.74) is 2.38. The second kappa shape index (κ2) is 8.29. The lowest BCUT2D eigenvalue weighted by atomic mass is 9.98. The van der Waals surface area contributed by atoms with Crippen LogP contribution < -0.4 is 0 Å². The van der Waals surface area contributed by atoms with E-state index < -0.39 is 0 Å². The molecule has 1 atom stereocenters. The first-order chi connectivity index (χ1) is 10.2. The quantitative estimate of drug-likeness (QED) is 0.780. The van der Waals surface area contributed by atoms with Crippen molar-refractivity contribution >= 4 is 0 Å². The van der Waals surface area contributed by atoms with Gasteiger partial charge in [-0.05, 0) is 52.0 Å². The van der Waals surface area contributed by atoms with E-state index in [1.165, 1.54) is 25.0 Å². The number of nitrogens with zero attached hydrogens (tertiary/aromatic N) is 4. The van der Waals surface area contributed by atoms with Crippen LogP contribution in [0.3, 0.4) is 0 Å². The molecule has 2 heterocycles. The zero-order valence-electron chi connectivity index (χ0n) is 13.3. The fourth-order valence-electron chi connectivity index (χ4n) is 2.84. The predicted octanol–water partition coefficient (Wildman–Crippen LogP) is 1.88. The third-order valence-electron chi connectivity index (χ3n) is 3.98. The Hall–Kier alpha value is -1.20. The minimum Gasteiger partial charge on any atom is -0.396 e. The van der Waals surface area contributed by atoms with Crippen LogP contribution in [0, 0.1) is 5.92 Å². The summed E-state index contributed by atoms with van der Waals surface area (Å²) in [6.07, 6.45) is 8.46. The maximum Gasteiger partial charge on any atom is 0.0828 e. The fourth-order valence-corrected chi connectivity index (χ4v) is 2.84. The van der Waals surface area contributed by atoms with Gasteiger partial charge in [0, 0.05) is 32.4 Å². The largest absolute Gasteiger partial charge is 0.396 e. The van der Waals surface area contributed by atoms with Crippen LogP contribution in [-0.4, -0.2) is 51.2 Å². The maximum absolute atomic E-state index is 8.85. The monoisotopic (exact) mass is 292 g/mol. The Morgan fingerprint density at radius 1 is 1.48 bits per heavy atom. The highest BCUT2D eigenvalue weighted by molar-refractivity contribution is 4.96. The number of allylic oxidation sites excluding steroid dienone is 1. The number of aliphatic hydroxyl groups excluding tert-OH is 1. The third kappa shape index (κ3) is 5.59. The summed E-state index contributed by atoms with van der Waals surface area (Å²) in [6, 6.07) is 0. The zero-order valence-corrected chi connectivity index (χ0v) is 13.3. The molecule has 1 aromatic heterocycles. The summed E-state index contributed by atoms with van der Waals surface area (Å²) < 4.78 is 1.97. The number of hydrogen-bond donors (Lipinski definition) is 1. The van der Waals surface area contributed by atoms with E-state index in [4.69, 9.17) is 5.11 Å². The molecule has 0 bridgehead atoms.